The molecular formula is C25H29ClN2O4. The molecule has 7 heteroatoms. The molecule has 0 saturated carbocycles. The van der Waals surface area contributed by atoms with Gasteiger partial charge in [-0.1, -0.05) is 41.4 Å². The summed E-state index contributed by atoms with van der Waals surface area (Å²) in [6, 6.07) is 11.1. The van der Waals surface area contributed by atoms with E-state index in [0.29, 0.717) is 53.8 Å². The number of methoxy groups -OCH3 is 2. The third kappa shape index (κ3) is 4.58. The summed E-state index contributed by atoms with van der Waals surface area (Å²) in [6.07, 6.45) is 0. The van der Waals surface area contributed by atoms with Crippen molar-refractivity contribution >= 4 is 34.7 Å². The number of nitrogens with zero attached hydrogens (tertiary/aromatic N) is 2. The summed E-state index contributed by atoms with van der Waals surface area (Å²) in [7, 11) is 3.22. The average Bonchev–Trinajstić information content (AvgIpc) is 3.00. The van der Waals surface area contributed by atoms with E-state index < -0.39 is 0 Å². The maximum atomic E-state index is 13.8. The molecule has 2 aromatic rings. The number of anilines is 1. The summed E-state index contributed by atoms with van der Waals surface area (Å²) in [5.41, 5.74) is 4.67. The molecule has 0 spiro atoms. The molecule has 2 amide bonds. The fourth-order valence-corrected chi connectivity index (χ4v) is 4.11. The predicted molar refractivity (Wildman–Crippen MR) is 127 cm³/mol. The Bertz CT molecular complexity index is 1060. The quantitative estimate of drug-likeness (QED) is 0.530. The lowest BCUT2D eigenvalue weighted by molar-refractivity contribution is -0.120. The molecule has 1 aliphatic heterocycles. The molecule has 0 bridgehead atoms. The number of hydrogen-bond acceptors (Lipinski definition) is 5. The van der Waals surface area contributed by atoms with E-state index in [0.717, 1.165) is 16.7 Å². The maximum absolute atomic E-state index is 13.8. The second-order valence-electron chi connectivity index (χ2n) is 7.84. The fourth-order valence-electron chi connectivity index (χ4n) is 3.94. The first-order chi connectivity index (χ1) is 15.3. The smallest absolute Gasteiger partial charge is 0.282 e. The van der Waals surface area contributed by atoms with Gasteiger partial charge >= 0.3 is 0 Å². The molecule has 6 nitrogen and oxygen atoms in total. The van der Waals surface area contributed by atoms with Gasteiger partial charge in [-0.25, -0.2) is 4.90 Å². The number of carbonyl (C=O) groups excluding carboxylic acids is 2. The lowest BCUT2D eigenvalue weighted by atomic mass is 9.97. The molecule has 0 unspecified atom stereocenters. The summed E-state index contributed by atoms with van der Waals surface area (Å²) >= 11 is 6.31. The minimum Gasteiger partial charge on any atom is -0.383 e. The van der Waals surface area contributed by atoms with Crippen LogP contribution in [0.2, 0.25) is 5.02 Å². The predicted octanol–water partition coefficient (Wildman–Crippen LogP) is 4.14. The maximum Gasteiger partial charge on any atom is 0.282 e. The molecule has 32 heavy (non-hydrogen) atoms. The summed E-state index contributed by atoms with van der Waals surface area (Å²) in [4.78, 5) is 30.7. The van der Waals surface area contributed by atoms with Gasteiger partial charge < -0.3 is 14.4 Å². The van der Waals surface area contributed by atoms with Crippen LogP contribution in [0.25, 0.3) is 5.57 Å². The second kappa shape index (κ2) is 10.3. The van der Waals surface area contributed by atoms with Crippen molar-refractivity contribution in [3.8, 4) is 0 Å². The largest absolute Gasteiger partial charge is 0.383 e. The number of halogens is 1. The minimum atomic E-state index is -0.373. The van der Waals surface area contributed by atoms with E-state index >= 15 is 0 Å². The normalized spacial score (nSPS) is 14.0. The van der Waals surface area contributed by atoms with Crippen molar-refractivity contribution in [2.75, 3.05) is 45.4 Å². The fraction of sp³-hybridized carbons (Fsp3) is 0.360. The van der Waals surface area contributed by atoms with Crippen LogP contribution in [-0.2, 0) is 19.1 Å². The van der Waals surface area contributed by atoms with Gasteiger partial charge in [0.2, 0.25) is 0 Å². The van der Waals surface area contributed by atoms with E-state index in [4.69, 9.17) is 21.1 Å². The van der Waals surface area contributed by atoms with E-state index in [9.17, 15) is 9.59 Å². The van der Waals surface area contributed by atoms with Gasteiger partial charge in [-0.3, -0.25) is 9.59 Å². The standard InChI is InChI=1S/C25H29ClN2O4/c1-16-9-10-19(17(2)15-16)22-23(27(11-13-31-4)12-14-32-5)25(30)28(24(22)29)21-8-6-7-20(26)18(21)3/h6-10,15H,11-14H2,1-5H3. The van der Waals surface area contributed by atoms with Crippen LogP contribution >= 0.6 is 11.6 Å². The van der Waals surface area contributed by atoms with Crippen molar-refractivity contribution in [2.24, 2.45) is 0 Å². The zero-order valence-corrected chi connectivity index (χ0v) is 20.0. The Morgan fingerprint density at radius 2 is 1.59 bits per heavy atom. The third-order valence-corrected chi connectivity index (χ3v) is 6.05. The van der Waals surface area contributed by atoms with Gasteiger partial charge in [-0.2, -0.15) is 0 Å². The van der Waals surface area contributed by atoms with Crippen molar-refractivity contribution in [2.45, 2.75) is 20.8 Å². The topological polar surface area (TPSA) is 59.1 Å². The Morgan fingerprint density at radius 3 is 2.19 bits per heavy atom. The molecule has 0 atom stereocenters. The van der Waals surface area contributed by atoms with Gasteiger partial charge in [-0.05, 0) is 49.6 Å². The Hall–Kier alpha value is -2.67. The SMILES string of the molecule is COCCN(CCOC)C1=C(c2ccc(C)cc2C)C(=O)N(c2cccc(Cl)c2C)C1=O. The first-order valence-electron chi connectivity index (χ1n) is 10.5. The number of amides is 2. The number of imide groups is 1. The van der Waals surface area contributed by atoms with Crippen LogP contribution in [0.5, 0.6) is 0 Å². The van der Waals surface area contributed by atoms with Gasteiger partial charge in [0.15, 0.2) is 0 Å². The highest BCUT2D eigenvalue weighted by atomic mass is 35.5. The van der Waals surface area contributed by atoms with E-state index in [-0.39, 0.29) is 11.8 Å². The summed E-state index contributed by atoms with van der Waals surface area (Å²) in [6.45, 7) is 7.47. The Kier molecular flexibility index (Phi) is 7.72. The van der Waals surface area contributed by atoms with Crippen molar-refractivity contribution < 1.29 is 19.1 Å². The van der Waals surface area contributed by atoms with Gasteiger partial charge in [-0.15, -0.1) is 0 Å². The molecule has 0 aliphatic carbocycles. The van der Waals surface area contributed by atoms with Crippen molar-refractivity contribution in [3.63, 3.8) is 0 Å². The van der Waals surface area contributed by atoms with Crippen LogP contribution in [-0.4, -0.2) is 57.2 Å². The number of ether oxygens (including phenoxy) is 2. The molecule has 0 aromatic heterocycles. The molecule has 0 radical (unpaired) electrons. The Balaban J connectivity index is 2.21. The van der Waals surface area contributed by atoms with Crippen LogP contribution in [0.15, 0.2) is 42.1 Å². The number of benzene rings is 2. The summed E-state index contributed by atoms with van der Waals surface area (Å²) in [5.74, 6) is -0.732. The Morgan fingerprint density at radius 1 is 0.938 bits per heavy atom. The summed E-state index contributed by atoms with van der Waals surface area (Å²) < 4.78 is 10.5. The summed E-state index contributed by atoms with van der Waals surface area (Å²) in [5, 5.41) is 0.500. The zero-order valence-electron chi connectivity index (χ0n) is 19.2. The van der Waals surface area contributed by atoms with Crippen molar-refractivity contribution in [1.82, 2.24) is 4.90 Å². The molecule has 2 aromatic carbocycles. The highest BCUT2D eigenvalue weighted by Crippen LogP contribution is 2.38. The number of aryl methyl sites for hydroxylation is 2. The van der Waals surface area contributed by atoms with E-state index in [2.05, 4.69) is 0 Å². The van der Waals surface area contributed by atoms with E-state index in [1.165, 1.54) is 4.90 Å². The third-order valence-electron chi connectivity index (χ3n) is 5.64. The first kappa shape index (κ1) is 24.0. The molecule has 170 valence electrons. The molecule has 1 aliphatic rings. The second-order valence-corrected chi connectivity index (χ2v) is 8.25. The number of hydrogen-bond donors (Lipinski definition) is 0. The molecule has 3 rings (SSSR count). The first-order valence-corrected chi connectivity index (χ1v) is 10.9. The average molecular weight is 457 g/mol. The Labute approximate surface area is 194 Å². The van der Waals surface area contributed by atoms with Crippen LogP contribution < -0.4 is 4.90 Å². The van der Waals surface area contributed by atoms with Crippen molar-refractivity contribution in [1.29, 1.82) is 0 Å². The van der Waals surface area contributed by atoms with Crippen LogP contribution in [0.1, 0.15) is 22.3 Å². The molecule has 0 N–H and O–H groups in total. The molecular weight excluding hydrogens is 428 g/mol. The van der Waals surface area contributed by atoms with Gasteiger partial charge in [0.25, 0.3) is 11.8 Å². The van der Waals surface area contributed by atoms with Crippen LogP contribution in [0, 0.1) is 20.8 Å². The lowest BCUT2D eigenvalue weighted by Crippen LogP contribution is -2.38. The highest BCUT2D eigenvalue weighted by molar-refractivity contribution is 6.46. The minimum absolute atomic E-state index is 0.357. The molecule has 0 fully saturated rings. The highest BCUT2D eigenvalue weighted by Gasteiger charge is 2.43. The zero-order chi connectivity index (χ0) is 23.4. The lowest BCUT2D eigenvalue weighted by Gasteiger charge is -2.26. The van der Waals surface area contributed by atoms with Crippen LogP contribution in [0.4, 0.5) is 5.69 Å². The van der Waals surface area contributed by atoms with Crippen LogP contribution in [0.3, 0.4) is 0 Å². The van der Waals surface area contributed by atoms with E-state index in [1.54, 1.807) is 39.3 Å². The number of carbonyl (C=O) groups is 2. The van der Waals surface area contributed by atoms with Gasteiger partial charge in [0.1, 0.15) is 5.70 Å². The van der Waals surface area contributed by atoms with Gasteiger partial charge in [0.05, 0.1) is 24.5 Å². The van der Waals surface area contributed by atoms with Crippen molar-refractivity contribution in [3.05, 3.63) is 69.4 Å². The van der Waals surface area contributed by atoms with E-state index in [1.807, 2.05) is 36.9 Å². The molecule has 0 saturated heterocycles. The van der Waals surface area contributed by atoms with Gasteiger partial charge in [0, 0.05) is 32.3 Å². The monoisotopic (exact) mass is 456 g/mol. The number of rotatable bonds is 9. The molecule has 1 heterocycles.